The number of nitrogens with zero attached hydrogens (tertiary/aromatic N) is 1. The molecule has 0 aliphatic rings. The molecule has 0 fully saturated rings. The Morgan fingerprint density at radius 1 is 1.07 bits per heavy atom. The third-order valence-corrected chi connectivity index (χ3v) is 4.52. The lowest BCUT2D eigenvalue weighted by Gasteiger charge is -2.16. The van der Waals surface area contributed by atoms with Crippen molar-refractivity contribution < 1.29 is 13.2 Å². The van der Waals surface area contributed by atoms with Crippen molar-refractivity contribution in [3.8, 4) is 0 Å². The molecule has 0 spiro atoms. The molecule has 0 aliphatic carbocycles. The van der Waals surface area contributed by atoms with Gasteiger partial charge in [-0.25, -0.2) is 13.2 Å². The molecule has 8 heteroatoms. The van der Waals surface area contributed by atoms with Gasteiger partial charge < -0.3 is 10.6 Å². The van der Waals surface area contributed by atoms with Crippen LogP contribution in [0, 0.1) is 0 Å². The highest BCUT2D eigenvalue weighted by Gasteiger charge is 2.12. The van der Waals surface area contributed by atoms with Gasteiger partial charge in [-0.05, 0) is 36.8 Å². The quantitative estimate of drug-likeness (QED) is 0.627. The van der Waals surface area contributed by atoms with Gasteiger partial charge in [-0.3, -0.25) is 9.71 Å². The van der Waals surface area contributed by atoms with Crippen LogP contribution in [0.5, 0.6) is 0 Å². The number of hydrogen-bond acceptors (Lipinski definition) is 4. The summed E-state index contributed by atoms with van der Waals surface area (Å²) in [5, 5.41) is 6.59. The number of urea groups is 1. The second kappa shape index (κ2) is 7.63. The Morgan fingerprint density at radius 2 is 1.81 bits per heavy atom. The summed E-state index contributed by atoms with van der Waals surface area (Å²) in [6, 6.07) is 15.5. The number of carbonyl (C=O) groups excluding carboxylic acids is 1. The molecular weight excluding hydrogens is 364 g/mol. The first-order valence-corrected chi connectivity index (χ1v) is 10.2. The Bertz CT molecular complexity index is 1080. The molecule has 2 amide bonds. The molecule has 2 aromatic carbocycles. The van der Waals surface area contributed by atoms with Crippen LogP contribution in [0.3, 0.4) is 0 Å². The van der Waals surface area contributed by atoms with Crippen molar-refractivity contribution in [3.05, 3.63) is 66.4 Å². The summed E-state index contributed by atoms with van der Waals surface area (Å²) in [4.78, 5) is 16.7. The largest absolute Gasteiger partial charge is 0.331 e. The van der Waals surface area contributed by atoms with E-state index in [9.17, 15) is 13.2 Å². The van der Waals surface area contributed by atoms with E-state index in [0.29, 0.717) is 16.9 Å². The molecule has 1 unspecified atom stereocenters. The standard InChI is InChI=1S/C19H20N4O3S/c1-13(15-7-3-9-16(12-15)23-27(2,25)26)21-19(24)22-17-10-4-6-14-8-5-11-20-18(14)17/h3-13,23H,1-2H3,(H2,21,22,24). The molecule has 0 aliphatic heterocycles. The van der Waals surface area contributed by atoms with Gasteiger partial charge in [0.15, 0.2) is 0 Å². The molecule has 0 bridgehead atoms. The Labute approximate surface area is 157 Å². The number of rotatable bonds is 5. The van der Waals surface area contributed by atoms with Crippen molar-refractivity contribution in [1.29, 1.82) is 0 Å². The first-order chi connectivity index (χ1) is 12.8. The Kier molecular flexibility index (Phi) is 5.27. The molecule has 3 N–H and O–H groups in total. The predicted molar refractivity (Wildman–Crippen MR) is 107 cm³/mol. The fraction of sp³-hybridized carbons (Fsp3) is 0.158. The van der Waals surface area contributed by atoms with Crippen LogP contribution in [0.4, 0.5) is 16.2 Å². The summed E-state index contributed by atoms with van der Waals surface area (Å²) in [5.74, 6) is 0. The smallest absolute Gasteiger partial charge is 0.319 e. The van der Waals surface area contributed by atoms with Gasteiger partial charge in [0.25, 0.3) is 0 Å². The molecule has 0 saturated carbocycles. The number of anilines is 2. The Balaban J connectivity index is 1.71. The van der Waals surface area contributed by atoms with Crippen LogP contribution in [-0.4, -0.2) is 25.7 Å². The monoisotopic (exact) mass is 384 g/mol. The molecule has 3 rings (SSSR count). The highest BCUT2D eigenvalue weighted by Crippen LogP contribution is 2.21. The predicted octanol–water partition coefficient (Wildman–Crippen LogP) is 3.49. The molecule has 7 nitrogen and oxygen atoms in total. The normalized spacial score (nSPS) is 12.4. The van der Waals surface area contributed by atoms with Crippen molar-refractivity contribution in [2.45, 2.75) is 13.0 Å². The number of amides is 2. The number of sulfonamides is 1. The van der Waals surface area contributed by atoms with Crippen LogP contribution >= 0.6 is 0 Å². The van der Waals surface area contributed by atoms with E-state index in [1.807, 2.05) is 37.3 Å². The van der Waals surface area contributed by atoms with Crippen LogP contribution in [0.25, 0.3) is 10.9 Å². The second-order valence-corrected chi connectivity index (χ2v) is 7.95. The number of hydrogen-bond donors (Lipinski definition) is 3. The van der Waals surface area contributed by atoms with E-state index >= 15 is 0 Å². The minimum Gasteiger partial charge on any atom is -0.331 e. The number of para-hydroxylation sites is 1. The summed E-state index contributed by atoms with van der Waals surface area (Å²) < 4.78 is 25.2. The van der Waals surface area contributed by atoms with Crippen molar-refractivity contribution in [1.82, 2.24) is 10.3 Å². The van der Waals surface area contributed by atoms with Gasteiger partial charge in [0.1, 0.15) is 0 Å². The van der Waals surface area contributed by atoms with Gasteiger partial charge in [0.2, 0.25) is 10.0 Å². The third kappa shape index (κ3) is 4.95. The minimum absolute atomic E-state index is 0.325. The number of benzene rings is 2. The van der Waals surface area contributed by atoms with Gasteiger partial charge in [-0.2, -0.15) is 0 Å². The van der Waals surface area contributed by atoms with Gasteiger partial charge in [-0.15, -0.1) is 0 Å². The number of aromatic nitrogens is 1. The number of carbonyl (C=O) groups is 1. The van der Waals surface area contributed by atoms with E-state index in [2.05, 4.69) is 20.3 Å². The molecule has 0 saturated heterocycles. The molecule has 27 heavy (non-hydrogen) atoms. The van der Waals surface area contributed by atoms with E-state index in [4.69, 9.17) is 0 Å². The molecule has 3 aromatic rings. The first kappa shape index (κ1) is 18.7. The summed E-state index contributed by atoms with van der Waals surface area (Å²) in [6.45, 7) is 1.82. The fourth-order valence-electron chi connectivity index (χ4n) is 2.73. The van der Waals surface area contributed by atoms with Crippen LogP contribution in [0.15, 0.2) is 60.8 Å². The van der Waals surface area contributed by atoms with Gasteiger partial charge in [0, 0.05) is 17.3 Å². The molecule has 1 atom stereocenters. The van der Waals surface area contributed by atoms with Crippen LogP contribution in [-0.2, 0) is 10.0 Å². The summed E-state index contributed by atoms with van der Waals surface area (Å²) in [5.41, 5.74) is 2.55. The van der Waals surface area contributed by atoms with Crippen molar-refractivity contribution >= 4 is 38.3 Å². The lowest BCUT2D eigenvalue weighted by molar-refractivity contribution is 0.249. The average molecular weight is 384 g/mol. The second-order valence-electron chi connectivity index (χ2n) is 6.20. The minimum atomic E-state index is -3.36. The summed E-state index contributed by atoms with van der Waals surface area (Å²) in [6.07, 6.45) is 2.77. The highest BCUT2D eigenvalue weighted by molar-refractivity contribution is 7.92. The van der Waals surface area contributed by atoms with Gasteiger partial charge in [-0.1, -0.05) is 30.3 Å². The molecule has 140 valence electrons. The van der Waals surface area contributed by atoms with Crippen molar-refractivity contribution in [2.75, 3.05) is 16.3 Å². The average Bonchev–Trinajstić information content (AvgIpc) is 2.61. The maximum absolute atomic E-state index is 12.4. The zero-order chi connectivity index (χ0) is 19.4. The van der Waals surface area contributed by atoms with Crippen molar-refractivity contribution in [2.24, 2.45) is 0 Å². The topological polar surface area (TPSA) is 100 Å². The van der Waals surface area contributed by atoms with Gasteiger partial charge in [0.05, 0.1) is 23.5 Å². The third-order valence-electron chi connectivity index (χ3n) is 3.92. The van der Waals surface area contributed by atoms with Crippen LogP contribution in [0.2, 0.25) is 0 Å². The zero-order valence-electron chi connectivity index (χ0n) is 14.9. The van der Waals surface area contributed by atoms with Crippen LogP contribution in [0.1, 0.15) is 18.5 Å². The SMILES string of the molecule is CC(NC(=O)Nc1cccc2cccnc12)c1cccc(NS(C)(=O)=O)c1. The Morgan fingerprint density at radius 3 is 2.59 bits per heavy atom. The molecule has 0 radical (unpaired) electrons. The first-order valence-electron chi connectivity index (χ1n) is 8.31. The number of nitrogens with one attached hydrogen (secondary N) is 3. The number of fused-ring (bicyclic) bond motifs is 1. The van der Waals surface area contributed by atoms with Crippen LogP contribution < -0.4 is 15.4 Å². The van der Waals surface area contributed by atoms with E-state index in [-0.39, 0.29) is 12.1 Å². The lowest BCUT2D eigenvalue weighted by atomic mass is 10.1. The highest BCUT2D eigenvalue weighted by atomic mass is 32.2. The van der Waals surface area contributed by atoms with E-state index in [0.717, 1.165) is 17.2 Å². The molecule has 1 aromatic heterocycles. The lowest BCUT2D eigenvalue weighted by Crippen LogP contribution is -2.31. The van der Waals surface area contributed by atoms with E-state index < -0.39 is 10.0 Å². The number of pyridine rings is 1. The Hall–Kier alpha value is -3.13. The maximum Gasteiger partial charge on any atom is 0.319 e. The maximum atomic E-state index is 12.4. The fourth-order valence-corrected chi connectivity index (χ4v) is 3.28. The van der Waals surface area contributed by atoms with Gasteiger partial charge >= 0.3 is 6.03 Å². The van der Waals surface area contributed by atoms with Crippen molar-refractivity contribution in [3.63, 3.8) is 0 Å². The van der Waals surface area contributed by atoms with E-state index in [1.165, 1.54) is 0 Å². The molecule has 1 heterocycles. The van der Waals surface area contributed by atoms with E-state index in [1.54, 1.807) is 30.5 Å². The zero-order valence-corrected chi connectivity index (χ0v) is 15.7. The summed E-state index contributed by atoms with van der Waals surface area (Å²) in [7, 11) is -3.36. The summed E-state index contributed by atoms with van der Waals surface area (Å²) >= 11 is 0. The molecular formula is C19H20N4O3S.